The van der Waals surface area contributed by atoms with Gasteiger partial charge in [-0.3, -0.25) is 4.99 Å². The van der Waals surface area contributed by atoms with Crippen LogP contribution in [0.4, 0.5) is 0 Å². The lowest BCUT2D eigenvalue weighted by molar-refractivity contribution is 0.244. The van der Waals surface area contributed by atoms with Crippen molar-refractivity contribution in [1.82, 2.24) is 10.1 Å². The van der Waals surface area contributed by atoms with Crippen LogP contribution in [0.25, 0.3) is 0 Å². The Morgan fingerprint density at radius 1 is 1.88 bits per heavy atom. The van der Waals surface area contributed by atoms with Crippen LogP contribution in [0.2, 0.25) is 0 Å². The molecule has 5 heteroatoms. The second-order valence-corrected chi connectivity index (χ2v) is 3.40. The van der Waals surface area contributed by atoms with Gasteiger partial charge in [0.2, 0.25) is 5.76 Å². The Morgan fingerprint density at radius 2 is 2.59 bits per heavy atom. The normalized spacial score (nSPS) is 12.9. The predicted molar refractivity (Wildman–Crippen MR) is 65.2 cm³/mol. The van der Waals surface area contributed by atoms with Crippen molar-refractivity contribution in [3.8, 4) is 12.3 Å². The molecule has 0 bridgehead atoms. The molecule has 0 amide bonds. The van der Waals surface area contributed by atoms with Crippen LogP contribution in [0.15, 0.2) is 28.4 Å². The number of aliphatic imine (C=N–C) groups is 1. The molecule has 1 aromatic heterocycles. The molecule has 1 N–H and O–H groups in total. The van der Waals surface area contributed by atoms with Gasteiger partial charge in [-0.05, 0) is 19.0 Å². The first-order chi connectivity index (χ1) is 8.12. The zero-order chi connectivity index (χ0) is 12.8. The van der Waals surface area contributed by atoms with Gasteiger partial charge in [-0.1, -0.05) is 11.7 Å². The predicted octanol–water partition coefficient (Wildman–Crippen LogP) is 1.01. The summed E-state index contributed by atoms with van der Waals surface area (Å²) in [5, 5.41) is 13.4. The summed E-state index contributed by atoms with van der Waals surface area (Å²) in [7, 11) is 1.61. The molecule has 0 aliphatic carbocycles. The molecule has 0 spiro atoms. The van der Waals surface area contributed by atoms with Crippen molar-refractivity contribution in [2.75, 3.05) is 7.05 Å². The highest BCUT2D eigenvalue weighted by atomic mass is 16.5. The van der Waals surface area contributed by atoms with E-state index in [4.69, 9.17) is 10.9 Å². The molecular weight excluding hydrogens is 218 g/mol. The van der Waals surface area contributed by atoms with Gasteiger partial charge in [0.05, 0.1) is 6.54 Å². The van der Waals surface area contributed by atoms with Crippen molar-refractivity contribution >= 4 is 5.84 Å². The Morgan fingerprint density at radius 3 is 3.00 bits per heavy atom. The lowest BCUT2D eigenvalue weighted by Gasteiger charge is -2.22. The van der Waals surface area contributed by atoms with Gasteiger partial charge in [0.15, 0.2) is 0 Å². The van der Waals surface area contributed by atoms with Crippen LogP contribution in [0.5, 0.6) is 0 Å². The van der Waals surface area contributed by atoms with E-state index in [9.17, 15) is 5.11 Å². The molecule has 0 aromatic carbocycles. The van der Waals surface area contributed by atoms with Gasteiger partial charge >= 0.3 is 0 Å². The van der Waals surface area contributed by atoms with Gasteiger partial charge in [0.1, 0.15) is 17.6 Å². The number of aromatic nitrogens is 1. The fourth-order valence-electron chi connectivity index (χ4n) is 1.42. The quantitative estimate of drug-likeness (QED) is 0.479. The molecule has 0 radical (unpaired) electrons. The molecule has 0 aliphatic rings. The second-order valence-electron chi connectivity index (χ2n) is 3.40. The van der Waals surface area contributed by atoms with Crippen LogP contribution < -0.4 is 0 Å². The van der Waals surface area contributed by atoms with Gasteiger partial charge in [-0.15, -0.1) is 6.42 Å². The Bertz CT molecular complexity index is 455. The molecule has 0 saturated heterocycles. The van der Waals surface area contributed by atoms with Crippen LogP contribution in [-0.4, -0.2) is 34.2 Å². The van der Waals surface area contributed by atoms with Crippen molar-refractivity contribution in [1.29, 1.82) is 0 Å². The highest BCUT2D eigenvalue weighted by molar-refractivity contribution is 5.86. The van der Waals surface area contributed by atoms with Gasteiger partial charge in [-0.2, -0.15) is 0 Å². The molecule has 17 heavy (non-hydrogen) atoms. The fourth-order valence-corrected chi connectivity index (χ4v) is 1.42. The molecule has 1 atom stereocenters. The van der Waals surface area contributed by atoms with E-state index in [2.05, 4.69) is 22.6 Å². The van der Waals surface area contributed by atoms with E-state index in [1.54, 1.807) is 31.1 Å². The molecule has 0 saturated carbocycles. The molecule has 5 nitrogen and oxygen atoms in total. The molecule has 1 unspecified atom stereocenters. The maximum absolute atomic E-state index is 9.55. The summed E-state index contributed by atoms with van der Waals surface area (Å²) in [4.78, 5) is 5.69. The largest absolute Gasteiger partial charge is 0.385 e. The number of nitrogens with zero attached hydrogens (tertiary/aromatic N) is 3. The fraction of sp³-hybridized carbons (Fsp3) is 0.333. The van der Waals surface area contributed by atoms with Crippen LogP contribution in [-0.2, 0) is 6.54 Å². The summed E-state index contributed by atoms with van der Waals surface area (Å²) >= 11 is 0. The molecule has 0 fully saturated rings. The third-order valence-corrected chi connectivity index (χ3v) is 2.15. The van der Waals surface area contributed by atoms with Gasteiger partial charge in [0, 0.05) is 13.1 Å². The van der Waals surface area contributed by atoms with Crippen molar-refractivity contribution in [2.24, 2.45) is 4.99 Å². The topological polar surface area (TPSA) is 61.9 Å². The maximum Gasteiger partial charge on any atom is 0.209 e. The van der Waals surface area contributed by atoms with Gasteiger partial charge in [0.25, 0.3) is 0 Å². The van der Waals surface area contributed by atoms with Crippen molar-refractivity contribution in [3.63, 3.8) is 0 Å². The maximum atomic E-state index is 9.55. The highest BCUT2D eigenvalue weighted by Crippen LogP contribution is 2.08. The minimum Gasteiger partial charge on any atom is -0.385 e. The number of terminal acetylenes is 1. The van der Waals surface area contributed by atoms with Crippen molar-refractivity contribution < 1.29 is 9.63 Å². The van der Waals surface area contributed by atoms with Crippen molar-refractivity contribution in [2.45, 2.75) is 19.6 Å². The lowest BCUT2D eigenvalue weighted by Crippen LogP contribution is -2.33. The van der Waals surface area contributed by atoms with E-state index in [0.29, 0.717) is 23.8 Å². The molecule has 1 rings (SSSR count). The number of amidine groups is 1. The molecule has 90 valence electrons. The number of aliphatic hydroxyl groups is 1. The van der Waals surface area contributed by atoms with E-state index in [1.807, 2.05) is 0 Å². The highest BCUT2D eigenvalue weighted by Gasteiger charge is 2.15. The van der Waals surface area contributed by atoms with Gasteiger partial charge in [-0.25, -0.2) is 0 Å². The van der Waals surface area contributed by atoms with E-state index in [-0.39, 0.29) is 0 Å². The number of hydrogen-bond acceptors (Lipinski definition) is 4. The first kappa shape index (κ1) is 13.0. The van der Waals surface area contributed by atoms with Gasteiger partial charge < -0.3 is 14.5 Å². The summed E-state index contributed by atoms with van der Waals surface area (Å²) in [5.41, 5.74) is 0.652. The minimum atomic E-state index is -0.683. The van der Waals surface area contributed by atoms with Crippen molar-refractivity contribution in [3.05, 3.63) is 30.3 Å². The van der Waals surface area contributed by atoms with E-state index < -0.39 is 6.10 Å². The van der Waals surface area contributed by atoms with Crippen LogP contribution in [0, 0.1) is 12.3 Å². The number of aliphatic hydroxyl groups excluding tert-OH is 1. The summed E-state index contributed by atoms with van der Waals surface area (Å²) in [6.45, 7) is 5.70. The summed E-state index contributed by atoms with van der Waals surface area (Å²) in [6.07, 6.45) is 6.06. The third-order valence-electron chi connectivity index (χ3n) is 2.15. The first-order valence-electron chi connectivity index (χ1n) is 5.08. The van der Waals surface area contributed by atoms with Crippen LogP contribution in [0.1, 0.15) is 18.4 Å². The molecule has 1 aromatic rings. The smallest absolute Gasteiger partial charge is 0.209 e. The minimum absolute atomic E-state index is 0.371. The van der Waals surface area contributed by atoms with E-state index in [1.165, 1.54) is 0 Å². The second kappa shape index (κ2) is 5.87. The molecular formula is C12H15N3O2. The molecule has 1 heterocycles. The lowest BCUT2D eigenvalue weighted by atomic mass is 10.3. The Kier molecular flexibility index (Phi) is 4.49. The Labute approximate surface area is 100 Å². The van der Waals surface area contributed by atoms with Crippen LogP contribution in [0.3, 0.4) is 0 Å². The number of rotatable bonds is 4. The zero-order valence-electron chi connectivity index (χ0n) is 9.92. The number of hydrogen-bond donors (Lipinski definition) is 1. The summed E-state index contributed by atoms with van der Waals surface area (Å²) < 4.78 is 4.88. The summed E-state index contributed by atoms with van der Waals surface area (Å²) in [6, 6.07) is 1.66. The first-order valence-corrected chi connectivity index (χ1v) is 5.08. The Balaban J connectivity index is 2.83. The average molecular weight is 233 g/mol. The van der Waals surface area contributed by atoms with Crippen LogP contribution >= 0.6 is 0 Å². The van der Waals surface area contributed by atoms with E-state index in [0.717, 1.165) is 0 Å². The standard InChI is InChI=1S/C12H15N3O2/c1-5-11-7-10(14-17-11)8-15(6-2)12(13-4)9(3)16/h1,6-7,9,16H,2,8H2,3-4H3. The summed E-state index contributed by atoms with van der Waals surface area (Å²) in [5.74, 6) is 3.23. The average Bonchev–Trinajstić information content (AvgIpc) is 2.76. The van der Waals surface area contributed by atoms with E-state index >= 15 is 0 Å². The SMILES string of the molecule is C#Cc1cc(CN(C=C)C(=NC)C(C)O)no1. The molecule has 0 aliphatic heterocycles. The monoisotopic (exact) mass is 233 g/mol. The Hall–Kier alpha value is -2.06. The zero-order valence-corrected chi connectivity index (χ0v) is 9.92. The third kappa shape index (κ3) is 3.20.